The van der Waals surface area contributed by atoms with Gasteiger partial charge in [-0.3, -0.25) is 14.2 Å². The van der Waals surface area contributed by atoms with E-state index >= 15 is 0 Å². The Morgan fingerprint density at radius 1 is 1.08 bits per heavy atom. The highest BCUT2D eigenvalue weighted by atomic mass is 35.5. The Labute approximate surface area is 290 Å². The number of piperazine rings is 1. The molecule has 2 aliphatic heterocycles. The van der Waals surface area contributed by atoms with Crippen LogP contribution in [0.25, 0.3) is 10.9 Å². The van der Waals surface area contributed by atoms with E-state index in [-0.39, 0.29) is 41.4 Å². The number of anilines is 1. The Morgan fingerprint density at radius 2 is 1.85 bits per heavy atom. The second kappa shape index (κ2) is 14.2. The Bertz CT molecular complexity index is 1720. The van der Waals surface area contributed by atoms with Crippen LogP contribution in [0.15, 0.2) is 52.3 Å². The van der Waals surface area contributed by atoms with Gasteiger partial charge in [-0.2, -0.15) is 0 Å². The minimum absolute atomic E-state index is 0.00383. The Hall–Kier alpha value is -3.43. The minimum Gasteiger partial charge on any atom is -0.350 e. The quantitative estimate of drug-likeness (QED) is 0.241. The lowest BCUT2D eigenvalue weighted by Gasteiger charge is -2.44. The molecule has 1 saturated carbocycles. The van der Waals surface area contributed by atoms with E-state index in [1.165, 1.54) is 0 Å². The number of aryl methyl sites for hydroxylation is 1. The summed E-state index contributed by atoms with van der Waals surface area (Å²) in [5, 5.41) is 7.95. The maximum atomic E-state index is 14.2. The van der Waals surface area contributed by atoms with Crippen molar-refractivity contribution in [3.8, 4) is 0 Å². The SMILES string of the molecule is C[C@@H]1[C@@H](N=C(Nc2ccc3c(=O)n(CCc4ccc(Cl)cc4)c(C4CCCN(C)C4)nc3c2)N2CC(=O)N[C@@H](C)C2)CCC(C)(C)[C@H]1C. The molecular weight excluding hydrogens is 622 g/mol. The van der Waals surface area contributed by atoms with Crippen LogP contribution >= 0.6 is 11.6 Å². The highest BCUT2D eigenvalue weighted by Crippen LogP contribution is 2.44. The number of fused-ring (bicyclic) bond motifs is 1. The fraction of sp³-hybridized carbons (Fsp3) is 0.579. The molecule has 2 aromatic carbocycles. The molecule has 3 fully saturated rings. The smallest absolute Gasteiger partial charge is 0.261 e. The maximum Gasteiger partial charge on any atom is 0.261 e. The summed E-state index contributed by atoms with van der Waals surface area (Å²) >= 11 is 6.13. The molecular formula is C38H52ClN7O2. The van der Waals surface area contributed by atoms with E-state index in [2.05, 4.69) is 55.2 Å². The highest BCUT2D eigenvalue weighted by Gasteiger charge is 2.39. The number of nitrogens with zero attached hydrogens (tertiary/aromatic N) is 5. The molecule has 3 aliphatic rings. The number of nitrogens with one attached hydrogen (secondary N) is 2. The zero-order valence-corrected chi connectivity index (χ0v) is 30.2. The van der Waals surface area contributed by atoms with Crippen molar-refractivity contribution < 1.29 is 4.79 Å². The fourth-order valence-corrected chi connectivity index (χ4v) is 8.05. The summed E-state index contributed by atoms with van der Waals surface area (Å²) in [6, 6.07) is 13.8. The van der Waals surface area contributed by atoms with Gasteiger partial charge in [-0.25, -0.2) is 9.98 Å². The van der Waals surface area contributed by atoms with Crippen LogP contribution in [0.1, 0.15) is 77.6 Å². The number of piperidine rings is 1. The first-order chi connectivity index (χ1) is 22.9. The van der Waals surface area contributed by atoms with Crippen molar-refractivity contribution in [3.05, 3.63) is 69.2 Å². The predicted molar refractivity (Wildman–Crippen MR) is 196 cm³/mol. The van der Waals surface area contributed by atoms with Gasteiger partial charge in [-0.15, -0.1) is 0 Å². The lowest BCUT2D eigenvalue weighted by Crippen LogP contribution is -2.56. The van der Waals surface area contributed by atoms with Crippen LogP contribution in [0.3, 0.4) is 0 Å². The summed E-state index contributed by atoms with van der Waals surface area (Å²) in [6.45, 7) is 14.8. The Morgan fingerprint density at radius 3 is 2.58 bits per heavy atom. The van der Waals surface area contributed by atoms with Gasteiger partial charge in [-0.05, 0) is 106 Å². The maximum absolute atomic E-state index is 14.2. The molecule has 1 aliphatic carbocycles. The molecule has 9 nitrogen and oxygen atoms in total. The van der Waals surface area contributed by atoms with Crippen molar-refractivity contribution in [1.82, 2.24) is 24.7 Å². The molecule has 0 spiro atoms. The number of likely N-dealkylation sites (tertiary alicyclic amines) is 1. The molecule has 10 heteroatoms. The van der Waals surface area contributed by atoms with Crippen LogP contribution in [0, 0.1) is 17.3 Å². The molecule has 3 heterocycles. The van der Waals surface area contributed by atoms with Gasteiger partial charge in [0.05, 0.1) is 23.5 Å². The average molecular weight is 674 g/mol. The van der Waals surface area contributed by atoms with E-state index in [0.29, 0.717) is 46.8 Å². The third-order valence-corrected chi connectivity index (χ3v) is 11.6. The topological polar surface area (TPSA) is 94.9 Å². The Balaban J connectivity index is 1.36. The molecule has 2 saturated heterocycles. The summed E-state index contributed by atoms with van der Waals surface area (Å²) in [5.41, 5.74) is 2.90. The second-order valence-corrected chi connectivity index (χ2v) is 15.7. The van der Waals surface area contributed by atoms with Crippen LogP contribution in [0.5, 0.6) is 0 Å². The predicted octanol–water partition coefficient (Wildman–Crippen LogP) is 6.15. The van der Waals surface area contributed by atoms with E-state index in [1.807, 2.05) is 54.0 Å². The van der Waals surface area contributed by atoms with E-state index < -0.39 is 0 Å². The first-order valence-corrected chi connectivity index (χ1v) is 18.1. The fourth-order valence-electron chi connectivity index (χ4n) is 7.93. The van der Waals surface area contributed by atoms with Gasteiger partial charge in [0.25, 0.3) is 5.56 Å². The number of benzene rings is 2. The number of halogens is 1. The summed E-state index contributed by atoms with van der Waals surface area (Å²) in [5.74, 6) is 2.66. The third kappa shape index (κ3) is 7.57. The summed E-state index contributed by atoms with van der Waals surface area (Å²) < 4.78 is 1.90. The van der Waals surface area contributed by atoms with Gasteiger partial charge in [0, 0.05) is 42.3 Å². The molecule has 3 aromatic rings. The molecule has 2 N–H and O–H groups in total. The van der Waals surface area contributed by atoms with Crippen LogP contribution in [-0.2, 0) is 17.8 Å². The zero-order chi connectivity index (χ0) is 34.2. The molecule has 0 bridgehead atoms. The molecule has 1 unspecified atom stereocenters. The number of carbonyl (C=O) groups excluding carboxylic acids is 1. The van der Waals surface area contributed by atoms with E-state index in [1.54, 1.807) is 0 Å². The molecule has 1 amide bonds. The number of hydrogen-bond acceptors (Lipinski definition) is 5. The largest absolute Gasteiger partial charge is 0.350 e. The van der Waals surface area contributed by atoms with Crippen molar-refractivity contribution >= 4 is 40.1 Å². The number of guanidine groups is 1. The number of aliphatic imine (C=N–C) groups is 1. The van der Waals surface area contributed by atoms with Crippen LogP contribution in [-0.4, -0.2) is 76.5 Å². The zero-order valence-electron chi connectivity index (χ0n) is 29.4. The molecule has 0 radical (unpaired) electrons. The molecule has 5 atom stereocenters. The first-order valence-electron chi connectivity index (χ1n) is 17.7. The van der Waals surface area contributed by atoms with Crippen molar-refractivity contribution in [2.45, 2.75) is 91.3 Å². The monoisotopic (exact) mass is 673 g/mol. The molecule has 1 aromatic heterocycles. The summed E-state index contributed by atoms with van der Waals surface area (Å²) in [7, 11) is 2.14. The summed E-state index contributed by atoms with van der Waals surface area (Å²) in [4.78, 5) is 41.8. The van der Waals surface area contributed by atoms with Crippen LogP contribution in [0.4, 0.5) is 5.69 Å². The molecule has 48 heavy (non-hydrogen) atoms. The molecule has 6 rings (SSSR count). The van der Waals surface area contributed by atoms with Gasteiger partial charge in [-0.1, -0.05) is 51.4 Å². The van der Waals surface area contributed by atoms with E-state index in [4.69, 9.17) is 21.6 Å². The number of amides is 1. The number of hydrogen-bond donors (Lipinski definition) is 2. The van der Waals surface area contributed by atoms with Gasteiger partial charge >= 0.3 is 0 Å². The Kier molecular flexibility index (Phi) is 10.2. The third-order valence-electron chi connectivity index (χ3n) is 11.3. The van der Waals surface area contributed by atoms with Crippen molar-refractivity contribution in [1.29, 1.82) is 0 Å². The number of rotatable bonds is 6. The van der Waals surface area contributed by atoms with Crippen LogP contribution < -0.4 is 16.2 Å². The minimum atomic E-state index is -0.00760. The van der Waals surface area contributed by atoms with Gasteiger partial charge in [0.2, 0.25) is 5.91 Å². The first kappa shape index (κ1) is 34.4. The van der Waals surface area contributed by atoms with Crippen molar-refractivity contribution in [2.75, 3.05) is 38.5 Å². The summed E-state index contributed by atoms with van der Waals surface area (Å²) in [6.07, 6.45) is 4.91. The standard InChI is InChI=1S/C38H52ClN7O2/c1-24-21-45(23-34(47)40-24)37(43-32-15-17-38(4,5)26(3)25(32)2)41-30-13-14-31-33(20-30)42-35(28-8-7-18-44(6)22-28)46(36(31)48)19-16-27-9-11-29(39)12-10-27/h9-14,20,24-26,28,32H,7-8,15-19,21-23H2,1-6H3,(H,40,47)(H,41,43)/t24-,25-,26-,28?,32-/m0/s1. The normalized spacial score (nSPS) is 26.8. The van der Waals surface area contributed by atoms with E-state index in [9.17, 15) is 9.59 Å². The second-order valence-electron chi connectivity index (χ2n) is 15.3. The van der Waals surface area contributed by atoms with E-state index in [0.717, 1.165) is 62.3 Å². The van der Waals surface area contributed by atoms with Gasteiger partial charge in [0.1, 0.15) is 5.82 Å². The average Bonchev–Trinajstić information content (AvgIpc) is 3.04. The number of aromatic nitrogens is 2. The van der Waals surface area contributed by atoms with Gasteiger partial charge < -0.3 is 20.4 Å². The highest BCUT2D eigenvalue weighted by molar-refractivity contribution is 6.30. The van der Waals surface area contributed by atoms with Crippen molar-refractivity contribution in [2.24, 2.45) is 22.2 Å². The number of carbonyl (C=O) groups is 1. The van der Waals surface area contributed by atoms with Crippen molar-refractivity contribution in [3.63, 3.8) is 0 Å². The molecule has 258 valence electrons. The number of likely N-dealkylation sites (N-methyl/N-ethyl adjacent to an activating group) is 1. The van der Waals surface area contributed by atoms with Gasteiger partial charge in [0.15, 0.2) is 5.96 Å². The van der Waals surface area contributed by atoms with Crippen LogP contribution in [0.2, 0.25) is 5.02 Å². The lowest BCUT2D eigenvalue weighted by molar-refractivity contribution is -0.123. The lowest BCUT2D eigenvalue weighted by atomic mass is 9.63.